The molecule has 0 spiro atoms. The minimum Gasteiger partial charge on any atom is -0.355 e. The third kappa shape index (κ3) is 2.77. The number of nitrogens with one attached hydrogen (secondary N) is 1. The summed E-state index contributed by atoms with van der Waals surface area (Å²) in [6, 6.07) is 0. The van der Waals surface area contributed by atoms with Crippen molar-refractivity contribution in [2.24, 2.45) is 5.41 Å². The van der Waals surface area contributed by atoms with Crippen molar-refractivity contribution in [1.29, 1.82) is 0 Å². The molecule has 1 N–H and O–H groups in total. The van der Waals surface area contributed by atoms with E-state index in [1.54, 1.807) is 0 Å². The topological polar surface area (TPSA) is 29.1 Å². The molecule has 0 atom stereocenters. The molecule has 1 fully saturated rings. The molecule has 2 nitrogen and oxygen atoms in total. The van der Waals surface area contributed by atoms with Gasteiger partial charge in [-0.2, -0.15) is 0 Å². The van der Waals surface area contributed by atoms with Crippen LogP contribution in [-0.4, -0.2) is 12.5 Å². The van der Waals surface area contributed by atoms with E-state index >= 15 is 0 Å². The van der Waals surface area contributed by atoms with E-state index in [0.29, 0.717) is 13.0 Å². The Hall–Kier alpha value is -0.970. The Morgan fingerprint density at radius 3 is 2.64 bits per heavy atom. The highest BCUT2D eigenvalue weighted by Crippen LogP contribution is 2.35. The van der Waals surface area contributed by atoms with Gasteiger partial charge in [-0.15, -0.1) is 12.3 Å². The lowest BCUT2D eigenvalue weighted by Crippen LogP contribution is -2.40. The lowest BCUT2D eigenvalue weighted by molar-refractivity contribution is -0.131. The Kier molecular flexibility index (Phi) is 4.00. The summed E-state index contributed by atoms with van der Waals surface area (Å²) in [5.41, 5.74) is -0.132. The van der Waals surface area contributed by atoms with Crippen LogP contribution in [0, 0.1) is 17.8 Å². The van der Waals surface area contributed by atoms with Crippen molar-refractivity contribution in [1.82, 2.24) is 5.32 Å². The molecule has 78 valence electrons. The van der Waals surface area contributed by atoms with Gasteiger partial charge in [0, 0.05) is 18.4 Å². The second kappa shape index (κ2) is 5.05. The van der Waals surface area contributed by atoms with Gasteiger partial charge in [0.05, 0.1) is 0 Å². The number of hydrogen-bond acceptors (Lipinski definition) is 1. The van der Waals surface area contributed by atoms with E-state index in [0.717, 1.165) is 12.8 Å². The summed E-state index contributed by atoms with van der Waals surface area (Å²) in [4.78, 5) is 11.8. The molecule has 0 aliphatic heterocycles. The predicted molar refractivity (Wildman–Crippen MR) is 57.7 cm³/mol. The van der Waals surface area contributed by atoms with Gasteiger partial charge >= 0.3 is 0 Å². The lowest BCUT2D eigenvalue weighted by atomic mass is 9.75. The smallest absolute Gasteiger partial charge is 0.225 e. The molecule has 0 saturated heterocycles. The maximum absolute atomic E-state index is 11.8. The summed E-state index contributed by atoms with van der Waals surface area (Å²) in [5, 5.41) is 2.91. The molecule has 0 aromatic heterocycles. The Balaban J connectivity index is 2.38. The summed E-state index contributed by atoms with van der Waals surface area (Å²) < 4.78 is 0. The summed E-state index contributed by atoms with van der Waals surface area (Å²) in [6.07, 6.45) is 11.4. The molecule has 0 radical (unpaired) electrons. The molecule has 0 heterocycles. The lowest BCUT2D eigenvalue weighted by Gasteiger charge is -2.31. The summed E-state index contributed by atoms with van der Waals surface area (Å²) in [5.74, 6) is 2.71. The van der Waals surface area contributed by atoms with Crippen LogP contribution < -0.4 is 5.32 Å². The normalized spacial score (nSPS) is 19.7. The zero-order chi connectivity index (χ0) is 10.4. The largest absolute Gasteiger partial charge is 0.355 e. The van der Waals surface area contributed by atoms with E-state index < -0.39 is 0 Å². The van der Waals surface area contributed by atoms with Crippen LogP contribution >= 0.6 is 0 Å². The van der Waals surface area contributed by atoms with Crippen LogP contribution in [0.15, 0.2) is 0 Å². The van der Waals surface area contributed by atoms with Gasteiger partial charge in [0.1, 0.15) is 0 Å². The zero-order valence-electron chi connectivity index (χ0n) is 8.94. The molecule has 14 heavy (non-hydrogen) atoms. The molecule has 1 saturated carbocycles. The molecule has 0 bridgehead atoms. The van der Waals surface area contributed by atoms with Crippen molar-refractivity contribution >= 4 is 5.91 Å². The van der Waals surface area contributed by atoms with E-state index in [1.165, 1.54) is 19.3 Å². The number of amides is 1. The van der Waals surface area contributed by atoms with Gasteiger partial charge in [-0.25, -0.2) is 0 Å². The summed E-state index contributed by atoms with van der Waals surface area (Å²) in [7, 11) is 0. The van der Waals surface area contributed by atoms with Gasteiger partial charge in [-0.05, 0) is 12.8 Å². The summed E-state index contributed by atoms with van der Waals surface area (Å²) >= 11 is 0. The van der Waals surface area contributed by atoms with Gasteiger partial charge in [-0.1, -0.05) is 26.2 Å². The first-order valence-electron chi connectivity index (χ1n) is 5.41. The average molecular weight is 193 g/mol. The fourth-order valence-electron chi connectivity index (χ4n) is 2.02. The molecular weight excluding hydrogens is 174 g/mol. The second-order valence-electron chi connectivity index (χ2n) is 4.33. The molecule has 0 aromatic carbocycles. The van der Waals surface area contributed by atoms with Gasteiger partial charge in [-0.3, -0.25) is 4.79 Å². The van der Waals surface area contributed by atoms with E-state index in [4.69, 9.17) is 6.42 Å². The summed E-state index contributed by atoms with van der Waals surface area (Å²) in [6.45, 7) is 2.68. The third-order valence-corrected chi connectivity index (χ3v) is 3.06. The van der Waals surface area contributed by atoms with Gasteiger partial charge < -0.3 is 5.32 Å². The van der Waals surface area contributed by atoms with E-state index in [2.05, 4.69) is 18.2 Å². The van der Waals surface area contributed by atoms with Crippen LogP contribution in [0.4, 0.5) is 0 Å². The van der Waals surface area contributed by atoms with Crippen molar-refractivity contribution in [3.8, 4) is 12.3 Å². The van der Waals surface area contributed by atoms with Crippen molar-refractivity contribution < 1.29 is 4.79 Å². The Morgan fingerprint density at radius 1 is 1.43 bits per heavy atom. The average Bonchev–Trinajstić information content (AvgIpc) is 2.19. The predicted octanol–water partition coefficient (Wildman–Crippen LogP) is 2.10. The highest BCUT2D eigenvalue weighted by Gasteiger charge is 2.33. The number of terminal acetylenes is 1. The van der Waals surface area contributed by atoms with Crippen molar-refractivity contribution in [2.75, 3.05) is 6.54 Å². The fraction of sp³-hybridized carbons (Fsp3) is 0.750. The van der Waals surface area contributed by atoms with Gasteiger partial charge in [0.2, 0.25) is 5.91 Å². The number of hydrogen-bond donors (Lipinski definition) is 1. The molecule has 2 heteroatoms. The van der Waals surface area contributed by atoms with Crippen LogP contribution in [0.25, 0.3) is 0 Å². The van der Waals surface area contributed by atoms with Gasteiger partial charge in [0.25, 0.3) is 0 Å². The SMILES string of the molecule is C#CCCNC(=O)C1(C)CCCCC1. The first kappa shape index (κ1) is 11.1. The Morgan fingerprint density at radius 2 is 2.07 bits per heavy atom. The van der Waals surface area contributed by atoms with E-state index in [9.17, 15) is 4.79 Å². The second-order valence-corrected chi connectivity index (χ2v) is 4.33. The van der Waals surface area contributed by atoms with Crippen LogP contribution in [0.5, 0.6) is 0 Å². The minimum absolute atomic E-state index is 0.132. The van der Waals surface area contributed by atoms with Crippen molar-refractivity contribution in [3.05, 3.63) is 0 Å². The molecule has 0 aromatic rings. The van der Waals surface area contributed by atoms with Crippen LogP contribution in [0.1, 0.15) is 45.4 Å². The molecular formula is C12H19NO. The molecule has 1 aliphatic carbocycles. The standard InChI is InChI=1S/C12H19NO/c1-3-4-10-13-11(14)12(2)8-6-5-7-9-12/h1H,4-10H2,2H3,(H,13,14). The fourth-order valence-corrected chi connectivity index (χ4v) is 2.02. The first-order chi connectivity index (χ1) is 6.69. The molecule has 0 unspecified atom stereocenters. The van der Waals surface area contributed by atoms with Crippen molar-refractivity contribution in [2.45, 2.75) is 45.4 Å². The quantitative estimate of drug-likeness (QED) is 0.539. The molecule has 1 aliphatic rings. The monoisotopic (exact) mass is 193 g/mol. The van der Waals surface area contributed by atoms with Crippen molar-refractivity contribution in [3.63, 3.8) is 0 Å². The zero-order valence-corrected chi connectivity index (χ0v) is 8.94. The highest BCUT2D eigenvalue weighted by molar-refractivity contribution is 5.82. The van der Waals surface area contributed by atoms with Crippen LogP contribution in [0.2, 0.25) is 0 Å². The van der Waals surface area contributed by atoms with E-state index in [1.807, 2.05) is 0 Å². The first-order valence-corrected chi connectivity index (χ1v) is 5.41. The molecule has 1 rings (SSSR count). The third-order valence-electron chi connectivity index (χ3n) is 3.06. The Labute approximate surface area is 86.5 Å². The number of rotatable bonds is 3. The van der Waals surface area contributed by atoms with E-state index in [-0.39, 0.29) is 11.3 Å². The van der Waals surface area contributed by atoms with Gasteiger partial charge in [0.15, 0.2) is 0 Å². The number of carbonyl (C=O) groups is 1. The maximum atomic E-state index is 11.8. The highest BCUT2D eigenvalue weighted by atomic mass is 16.2. The maximum Gasteiger partial charge on any atom is 0.225 e. The Bertz CT molecular complexity index is 233. The van der Waals surface area contributed by atoms with Crippen LogP contribution in [-0.2, 0) is 4.79 Å². The van der Waals surface area contributed by atoms with Crippen LogP contribution in [0.3, 0.4) is 0 Å². The molecule has 1 amide bonds. The number of carbonyl (C=O) groups excluding carboxylic acids is 1. The minimum atomic E-state index is -0.132.